The maximum atomic E-state index is 14.4. The fourth-order valence-electron chi connectivity index (χ4n) is 5.74. The summed E-state index contributed by atoms with van der Waals surface area (Å²) < 4.78 is 46.2. The van der Waals surface area contributed by atoms with Crippen LogP contribution in [0.25, 0.3) is 0 Å². The highest BCUT2D eigenvalue weighted by molar-refractivity contribution is 5.69. The first-order valence-corrected chi connectivity index (χ1v) is 15.2. The topological polar surface area (TPSA) is 85.2 Å². The summed E-state index contributed by atoms with van der Waals surface area (Å²) in [5.74, 6) is -3.66. The highest BCUT2D eigenvalue weighted by atomic mass is 19.3. The number of carbonyl (C=O) groups excluding carboxylic acids is 1. The number of aliphatic hydroxyl groups is 2. The van der Waals surface area contributed by atoms with E-state index in [2.05, 4.69) is 0 Å². The lowest BCUT2D eigenvalue weighted by atomic mass is 9.85. The van der Waals surface area contributed by atoms with Crippen molar-refractivity contribution >= 4 is 5.97 Å². The Morgan fingerprint density at radius 2 is 1.98 bits per heavy atom. The van der Waals surface area contributed by atoms with Gasteiger partial charge in [0.25, 0.3) is 5.92 Å². The van der Waals surface area contributed by atoms with Crippen LogP contribution in [0.2, 0.25) is 0 Å². The number of rotatable bonds is 17. The quantitative estimate of drug-likeness (QED) is 0.124. The molecule has 0 aromatic heterocycles. The van der Waals surface area contributed by atoms with E-state index in [4.69, 9.17) is 14.2 Å². The third-order valence-corrected chi connectivity index (χ3v) is 8.15. The molecule has 6 nitrogen and oxygen atoms in total. The van der Waals surface area contributed by atoms with E-state index in [0.29, 0.717) is 58.0 Å². The van der Waals surface area contributed by atoms with Gasteiger partial charge in [0, 0.05) is 25.9 Å². The standard InChI is InChI=1S/C32H48F2O6/c1-2-3-20-32(33,34)29(36)19-18-26-25(27(35)22-28(26)40-31-17-11-12-21-38-31)15-9-4-5-10-16-30(37)39-23-24-13-7-6-8-14-24/h4,6-9,13-14,25-29,31,35-36H,2-3,5,10-12,15-23H2,1H3/t25-,26-,27-,28-,29?,31?/m1/s1. The maximum absolute atomic E-state index is 14.4. The Morgan fingerprint density at radius 3 is 2.70 bits per heavy atom. The average Bonchev–Trinajstić information content (AvgIpc) is 3.25. The van der Waals surface area contributed by atoms with Crippen molar-refractivity contribution in [2.45, 2.75) is 128 Å². The zero-order valence-corrected chi connectivity index (χ0v) is 23.9. The minimum absolute atomic E-state index is 0.0369. The molecular formula is C32H48F2O6. The van der Waals surface area contributed by atoms with Crippen LogP contribution >= 0.6 is 0 Å². The molecule has 2 fully saturated rings. The lowest BCUT2D eigenvalue weighted by Gasteiger charge is -2.31. The molecule has 1 aliphatic heterocycles. The minimum Gasteiger partial charge on any atom is -0.461 e. The van der Waals surface area contributed by atoms with Crippen molar-refractivity contribution in [1.29, 1.82) is 0 Å². The van der Waals surface area contributed by atoms with Crippen LogP contribution in [0.4, 0.5) is 8.78 Å². The van der Waals surface area contributed by atoms with Gasteiger partial charge in [0.15, 0.2) is 6.29 Å². The van der Waals surface area contributed by atoms with Crippen LogP contribution < -0.4 is 0 Å². The number of hydrogen-bond acceptors (Lipinski definition) is 6. The molecule has 2 unspecified atom stereocenters. The first-order chi connectivity index (χ1) is 19.3. The van der Waals surface area contributed by atoms with Crippen LogP contribution in [0.3, 0.4) is 0 Å². The molecular weight excluding hydrogens is 518 g/mol. The Bertz CT molecular complexity index is 873. The molecule has 1 saturated heterocycles. The van der Waals surface area contributed by atoms with Gasteiger partial charge in [-0.1, -0.05) is 55.8 Å². The lowest BCUT2D eigenvalue weighted by molar-refractivity contribution is -0.197. The van der Waals surface area contributed by atoms with Crippen molar-refractivity contribution in [3.63, 3.8) is 0 Å². The van der Waals surface area contributed by atoms with Gasteiger partial charge in [-0.05, 0) is 75.2 Å². The van der Waals surface area contributed by atoms with Gasteiger partial charge in [0.2, 0.25) is 0 Å². The summed E-state index contributed by atoms with van der Waals surface area (Å²) in [7, 11) is 0. The number of hydrogen-bond donors (Lipinski definition) is 2. The number of aliphatic hydroxyl groups excluding tert-OH is 2. The second-order valence-electron chi connectivity index (χ2n) is 11.3. The molecule has 1 aliphatic carbocycles. The number of ether oxygens (including phenoxy) is 3. The number of allylic oxidation sites excluding steroid dienone is 2. The Labute approximate surface area is 238 Å². The molecule has 1 saturated carbocycles. The normalized spacial score (nSPS) is 26.3. The van der Waals surface area contributed by atoms with E-state index >= 15 is 0 Å². The first kappa shape index (κ1) is 32.6. The molecule has 3 rings (SSSR count). The van der Waals surface area contributed by atoms with Crippen LogP contribution in [0.1, 0.15) is 96.0 Å². The summed E-state index contributed by atoms with van der Waals surface area (Å²) in [6, 6.07) is 9.56. The van der Waals surface area contributed by atoms with E-state index < -0.39 is 18.1 Å². The van der Waals surface area contributed by atoms with Gasteiger partial charge in [0.05, 0.1) is 12.2 Å². The molecule has 40 heavy (non-hydrogen) atoms. The zero-order valence-electron chi connectivity index (χ0n) is 23.9. The van der Waals surface area contributed by atoms with Crippen LogP contribution in [0, 0.1) is 11.8 Å². The molecule has 1 heterocycles. The van der Waals surface area contributed by atoms with Crippen LogP contribution in [0.5, 0.6) is 0 Å². The molecule has 0 bridgehead atoms. The Kier molecular flexibility index (Phi) is 14.0. The van der Waals surface area contributed by atoms with E-state index in [9.17, 15) is 23.8 Å². The number of benzene rings is 1. The number of unbranched alkanes of at least 4 members (excludes halogenated alkanes) is 2. The van der Waals surface area contributed by atoms with Gasteiger partial charge < -0.3 is 24.4 Å². The van der Waals surface area contributed by atoms with Gasteiger partial charge in [-0.15, -0.1) is 0 Å². The summed E-state index contributed by atoms with van der Waals surface area (Å²) in [4.78, 5) is 12.0. The van der Waals surface area contributed by atoms with E-state index in [-0.39, 0.29) is 49.6 Å². The fourth-order valence-corrected chi connectivity index (χ4v) is 5.74. The summed E-state index contributed by atoms with van der Waals surface area (Å²) in [5, 5.41) is 21.2. The second-order valence-corrected chi connectivity index (χ2v) is 11.3. The van der Waals surface area contributed by atoms with Crippen LogP contribution in [-0.2, 0) is 25.6 Å². The molecule has 0 radical (unpaired) electrons. The van der Waals surface area contributed by atoms with Gasteiger partial charge in [-0.2, -0.15) is 0 Å². The first-order valence-electron chi connectivity index (χ1n) is 15.2. The molecule has 6 atom stereocenters. The van der Waals surface area contributed by atoms with E-state index in [1.807, 2.05) is 49.4 Å². The molecule has 1 aromatic carbocycles. The predicted octanol–water partition coefficient (Wildman–Crippen LogP) is 6.72. The minimum atomic E-state index is -3.12. The fraction of sp³-hybridized carbons (Fsp3) is 0.719. The molecule has 8 heteroatoms. The molecule has 0 amide bonds. The zero-order chi connectivity index (χ0) is 28.8. The monoisotopic (exact) mass is 566 g/mol. The maximum Gasteiger partial charge on any atom is 0.306 e. The average molecular weight is 567 g/mol. The number of esters is 1. The number of alkyl halides is 2. The Morgan fingerprint density at radius 1 is 1.18 bits per heavy atom. The summed E-state index contributed by atoms with van der Waals surface area (Å²) >= 11 is 0. The largest absolute Gasteiger partial charge is 0.461 e. The van der Waals surface area contributed by atoms with Crippen molar-refractivity contribution in [2.75, 3.05) is 6.61 Å². The van der Waals surface area contributed by atoms with Crippen LogP contribution in [0.15, 0.2) is 42.5 Å². The highest BCUT2D eigenvalue weighted by Crippen LogP contribution is 2.42. The van der Waals surface area contributed by atoms with Crippen molar-refractivity contribution in [3.8, 4) is 0 Å². The molecule has 0 spiro atoms. The number of carbonyl (C=O) groups is 1. The van der Waals surface area contributed by atoms with Gasteiger partial charge in [0.1, 0.15) is 12.7 Å². The lowest BCUT2D eigenvalue weighted by Crippen LogP contribution is -2.36. The molecule has 226 valence electrons. The molecule has 2 N–H and O–H groups in total. The predicted molar refractivity (Wildman–Crippen MR) is 150 cm³/mol. The van der Waals surface area contributed by atoms with Gasteiger partial charge in [-0.3, -0.25) is 4.79 Å². The van der Waals surface area contributed by atoms with E-state index in [0.717, 1.165) is 24.8 Å². The van der Waals surface area contributed by atoms with Crippen molar-refractivity contribution in [2.24, 2.45) is 11.8 Å². The smallest absolute Gasteiger partial charge is 0.306 e. The summed E-state index contributed by atoms with van der Waals surface area (Å²) in [5.41, 5.74) is 0.954. The Balaban J connectivity index is 1.48. The second kappa shape index (κ2) is 17.2. The van der Waals surface area contributed by atoms with Crippen molar-refractivity contribution in [1.82, 2.24) is 0 Å². The SMILES string of the molecule is CCCCC(F)(F)C(O)CC[C@@H]1[C@@H](CC=CCCCC(=O)OCc2ccccc2)[C@H](O)C[C@H]1OC1CCCCO1. The van der Waals surface area contributed by atoms with Crippen LogP contribution in [-0.4, -0.2) is 53.3 Å². The van der Waals surface area contributed by atoms with Gasteiger partial charge >= 0.3 is 5.97 Å². The summed E-state index contributed by atoms with van der Waals surface area (Å²) in [6.07, 6.45) is 7.55. The molecule has 1 aromatic rings. The third-order valence-electron chi connectivity index (χ3n) is 8.15. The van der Waals surface area contributed by atoms with Crippen molar-refractivity contribution in [3.05, 3.63) is 48.0 Å². The number of halogens is 2. The summed E-state index contributed by atoms with van der Waals surface area (Å²) in [6.45, 7) is 2.76. The van der Waals surface area contributed by atoms with Crippen molar-refractivity contribution < 1.29 is 38.0 Å². The Hall–Kier alpha value is -1.87. The molecule has 2 aliphatic rings. The van der Waals surface area contributed by atoms with E-state index in [1.165, 1.54) is 0 Å². The highest BCUT2D eigenvalue weighted by Gasteiger charge is 2.45. The van der Waals surface area contributed by atoms with E-state index in [1.54, 1.807) is 0 Å². The third kappa shape index (κ3) is 10.8. The van der Waals surface area contributed by atoms with Gasteiger partial charge in [-0.25, -0.2) is 8.78 Å².